The number of ether oxygens (including phenoxy) is 1. The molecule has 0 spiro atoms. The summed E-state index contributed by atoms with van der Waals surface area (Å²) in [5.41, 5.74) is 2.62. The topological polar surface area (TPSA) is 92.8 Å². The average Bonchev–Trinajstić information content (AvgIpc) is 3.22. The summed E-state index contributed by atoms with van der Waals surface area (Å²) < 4.78 is 44.1. The first kappa shape index (κ1) is 27.0. The van der Waals surface area contributed by atoms with Gasteiger partial charge in [-0.05, 0) is 47.4 Å². The molecule has 4 aliphatic rings. The van der Waals surface area contributed by atoms with Crippen LogP contribution in [0.3, 0.4) is 0 Å². The van der Waals surface area contributed by atoms with E-state index in [1.807, 2.05) is 48.5 Å². The predicted octanol–water partition coefficient (Wildman–Crippen LogP) is 5.12. The number of hydrogen-bond acceptors (Lipinski definition) is 5. The zero-order valence-electron chi connectivity index (χ0n) is 21.4. The third-order valence-corrected chi connectivity index (χ3v) is 8.45. The maximum atomic E-state index is 13.7. The first-order chi connectivity index (χ1) is 19.5. The van der Waals surface area contributed by atoms with E-state index in [0.717, 1.165) is 39.3 Å². The van der Waals surface area contributed by atoms with Gasteiger partial charge < -0.3 is 10.1 Å². The Labute approximate surface area is 237 Å². The van der Waals surface area contributed by atoms with E-state index in [-0.39, 0.29) is 22.5 Å². The molecule has 3 aliphatic carbocycles. The summed E-state index contributed by atoms with van der Waals surface area (Å²) in [6.45, 7) is 0.486. The van der Waals surface area contributed by atoms with Crippen molar-refractivity contribution >= 4 is 41.0 Å². The van der Waals surface area contributed by atoms with Crippen LogP contribution in [-0.2, 0) is 30.1 Å². The van der Waals surface area contributed by atoms with Crippen LogP contribution in [0.2, 0.25) is 5.02 Å². The normalized spacial score (nSPS) is 23.0. The third kappa shape index (κ3) is 4.28. The van der Waals surface area contributed by atoms with Crippen LogP contribution in [0.1, 0.15) is 46.6 Å². The monoisotopic (exact) mass is 582 g/mol. The quantitative estimate of drug-likeness (QED) is 0.333. The Morgan fingerprint density at radius 2 is 1.39 bits per heavy atom. The molecule has 0 aromatic heterocycles. The van der Waals surface area contributed by atoms with Crippen molar-refractivity contribution in [1.82, 2.24) is 4.90 Å². The van der Waals surface area contributed by atoms with Gasteiger partial charge in [-0.1, -0.05) is 60.1 Å². The summed E-state index contributed by atoms with van der Waals surface area (Å²) in [4.78, 5) is 53.7. The number of esters is 1. The second-order valence-electron chi connectivity index (χ2n) is 10.3. The minimum atomic E-state index is -4.65. The standard InChI is InChI=1S/C30H22ClF3N2O5/c1-14(29(40)41-13-22(37)35-21-12-15(30(32,33)34)10-11-20(21)31)36-27(38)25-23-16-6-2-3-7-17(16)24(26(25)28(36)39)19-9-5-4-8-18(19)23/h2-12,14,23-26H,13H2,1H3,(H,35,37)/t14-,23?,24?,25-,26+/m0/s1. The fourth-order valence-electron chi connectivity index (χ4n) is 6.43. The van der Waals surface area contributed by atoms with Crippen LogP contribution in [0, 0.1) is 11.8 Å². The number of alkyl halides is 3. The van der Waals surface area contributed by atoms with Gasteiger partial charge in [0.15, 0.2) is 6.61 Å². The second-order valence-corrected chi connectivity index (χ2v) is 10.7. The third-order valence-electron chi connectivity index (χ3n) is 8.12. The number of hydrogen-bond donors (Lipinski definition) is 1. The number of carbonyl (C=O) groups is 4. The Bertz CT molecular complexity index is 1510. The van der Waals surface area contributed by atoms with Gasteiger partial charge in [-0.2, -0.15) is 13.2 Å². The number of benzene rings is 3. The van der Waals surface area contributed by atoms with E-state index in [1.54, 1.807) is 0 Å². The maximum absolute atomic E-state index is 13.7. The van der Waals surface area contributed by atoms with Gasteiger partial charge in [0, 0.05) is 11.8 Å². The average molecular weight is 583 g/mol. The molecule has 3 atom stereocenters. The molecule has 1 N–H and O–H groups in total. The number of nitrogens with one attached hydrogen (secondary N) is 1. The Morgan fingerprint density at radius 3 is 1.85 bits per heavy atom. The van der Waals surface area contributed by atoms with Crippen LogP contribution in [-0.4, -0.2) is 41.2 Å². The predicted molar refractivity (Wildman–Crippen MR) is 141 cm³/mol. The zero-order chi connectivity index (χ0) is 29.2. The highest BCUT2D eigenvalue weighted by molar-refractivity contribution is 6.33. The van der Waals surface area contributed by atoms with Crippen LogP contribution >= 0.6 is 11.6 Å². The minimum Gasteiger partial charge on any atom is -0.454 e. The molecule has 1 aliphatic heterocycles. The lowest BCUT2D eigenvalue weighted by Gasteiger charge is -2.45. The van der Waals surface area contributed by atoms with Crippen molar-refractivity contribution in [3.63, 3.8) is 0 Å². The van der Waals surface area contributed by atoms with Gasteiger partial charge in [-0.25, -0.2) is 4.79 Å². The number of nitrogens with zero attached hydrogens (tertiary/aromatic N) is 1. The van der Waals surface area contributed by atoms with Gasteiger partial charge in [0.2, 0.25) is 11.8 Å². The Morgan fingerprint density at radius 1 is 0.902 bits per heavy atom. The molecule has 7 nitrogen and oxygen atoms in total. The Kier molecular flexibility index (Phi) is 6.41. The molecule has 3 amide bonds. The lowest BCUT2D eigenvalue weighted by Crippen LogP contribution is -2.45. The SMILES string of the molecule is C[C@@H](C(=O)OCC(=O)Nc1cc(C(F)(F)F)ccc1Cl)N1C(=O)[C@@H]2C3c4ccccc4C(c4ccccc43)[C@@H]2C1=O. The molecule has 1 fully saturated rings. The van der Waals surface area contributed by atoms with E-state index in [4.69, 9.17) is 16.3 Å². The van der Waals surface area contributed by atoms with Crippen LogP contribution in [0.25, 0.3) is 0 Å². The van der Waals surface area contributed by atoms with Crippen LogP contribution in [0.5, 0.6) is 0 Å². The summed E-state index contributed by atoms with van der Waals surface area (Å²) in [6.07, 6.45) is -4.65. The maximum Gasteiger partial charge on any atom is 0.416 e. The van der Waals surface area contributed by atoms with E-state index >= 15 is 0 Å². The first-order valence-corrected chi connectivity index (χ1v) is 13.2. The molecule has 0 radical (unpaired) electrons. The van der Waals surface area contributed by atoms with E-state index < -0.39 is 59.9 Å². The summed E-state index contributed by atoms with van der Waals surface area (Å²) in [5.74, 6) is -4.96. The molecule has 0 unspecified atom stereocenters. The summed E-state index contributed by atoms with van der Waals surface area (Å²) in [5, 5.41) is 2.05. The second kappa shape index (κ2) is 9.73. The molecule has 3 aromatic rings. The minimum absolute atomic E-state index is 0.140. The molecule has 1 heterocycles. The van der Waals surface area contributed by atoms with Crippen molar-refractivity contribution in [2.24, 2.45) is 11.8 Å². The zero-order valence-corrected chi connectivity index (χ0v) is 22.2. The lowest BCUT2D eigenvalue weighted by molar-refractivity contribution is -0.159. The lowest BCUT2D eigenvalue weighted by atomic mass is 9.55. The molecule has 41 heavy (non-hydrogen) atoms. The highest BCUT2D eigenvalue weighted by atomic mass is 35.5. The van der Waals surface area contributed by atoms with Gasteiger partial charge in [-0.15, -0.1) is 0 Å². The molecule has 7 rings (SSSR count). The summed E-state index contributed by atoms with van der Waals surface area (Å²) in [7, 11) is 0. The largest absolute Gasteiger partial charge is 0.454 e. The Hall–Kier alpha value is -4.18. The number of likely N-dealkylation sites (tertiary alicyclic amines) is 1. The molecule has 3 aromatic carbocycles. The van der Waals surface area contributed by atoms with Crippen molar-refractivity contribution in [3.8, 4) is 0 Å². The number of carbonyl (C=O) groups excluding carboxylic acids is 4. The number of rotatable bonds is 5. The smallest absolute Gasteiger partial charge is 0.416 e. The van der Waals surface area contributed by atoms with Gasteiger partial charge in [-0.3, -0.25) is 19.3 Å². The van der Waals surface area contributed by atoms with E-state index in [2.05, 4.69) is 5.32 Å². The first-order valence-electron chi connectivity index (χ1n) is 12.9. The van der Waals surface area contributed by atoms with E-state index in [1.165, 1.54) is 6.92 Å². The van der Waals surface area contributed by atoms with Gasteiger partial charge >= 0.3 is 12.1 Å². The molecule has 11 heteroatoms. The van der Waals surface area contributed by atoms with Gasteiger partial charge in [0.05, 0.1) is 28.1 Å². The van der Waals surface area contributed by atoms with Crippen molar-refractivity contribution in [3.05, 3.63) is 99.6 Å². The molecule has 210 valence electrons. The molecular weight excluding hydrogens is 561 g/mol. The number of amides is 3. The highest BCUT2D eigenvalue weighted by Crippen LogP contribution is 2.61. The van der Waals surface area contributed by atoms with Crippen LogP contribution in [0.4, 0.5) is 18.9 Å². The van der Waals surface area contributed by atoms with Crippen molar-refractivity contribution < 1.29 is 37.1 Å². The van der Waals surface area contributed by atoms with Crippen molar-refractivity contribution in [1.29, 1.82) is 0 Å². The van der Waals surface area contributed by atoms with E-state index in [0.29, 0.717) is 6.07 Å². The van der Waals surface area contributed by atoms with Crippen molar-refractivity contribution in [2.45, 2.75) is 31.0 Å². The molecular formula is C30H22ClF3N2O5. The van der Waals surface area contributed by atoms with Crippen molar-refractivity contribution in [2.75, 3.05) is 11.9 Å². The highest BCUT2D eigenvalue weighted by Gasteiger charge is 2.62. The molecule has 0 saturated carbocycles. The van der Waals surface area contributed by atoms with Crippen LogP contribution in [0.15, 0.2) is 66.7 Å². The fraction of sp³-hybridized carbons (Fsp3) is 0.267. The van der Waals surface area contributed by atoms with Gasteiger partial charge in [0.25, 0.3) is 5.91 Å². The Balaban J connectivity index is 1.18. The molecule has 2 bridgehead atoms. The van der Waals surface area contributed by atoms with Crippen LogP contribution < -0.4 is 5.32 Å². The van der Waals surface area contributed by atoms with E-state index in [9.17, 15) is 32.3 Å². The summed E-state index contributed by atoms with van der Waals surface area (Å²) >= 11 is 5.91. The summed E-state index contributed by atoms with van der Waals surface area (Å²) in [6, 6.07) is 16.5. The van der Waals surface area contributed by atoms with Gasteiger partial charge in [0.1, 0.15) is 6.04 Å². The fourth-order valence-corrected chi connectivity index (χ4v) is 6.59. The number of imide groups is 1. The molecule has 1 saturated heterocycles. The number of anilines is 1. The number of halogens is 4.